The normalized spacial score (nSPS) is 10.6. The van der Waals surface area contributed by atoms with Crippen molar-refractivity contribution in [3.63, 3.8) is 0 Å². The van der Waals surface area contributed by atoms with E-state index in [9.17, 15) is 4.79 Å². The summed E-state index contributed by atoms with van der Waals surface area (Å²) in [4.78, 5) is 13.4. The largest absolute Gasteiger partial charge is 0.368 e. The van der Waals surface area contributed by atoms with Crippen LogP contribution in [0.2, 0.25) is 0 Å². The van der Waals surface area contributed by atoms with E-state index in [1.165, 1.54) is 5.56 Å². The van der Waals surface area contributed by atoms with Gasteiger partial charge in [0.1, 0.15) is 0 Å². The van der Waals surface area contributed by atoms with E-state index in [-0.39, 0.29) is 12.5 Å². The standard InChI is InChI=1S/C16H26BrN3O/c1-3-5-9-20(12-16(18)21)15-7-6-14(17)10-13(15)11-19-8-4-2/h6-7,10,19H,3-5,8-9,11-12H2,1-2H3,(H2,18,21). The van der Waals surface area contributed by atoms with E-state index in [1.807, 2.05) is 6.07 Å². The molecule has 1 rings (SSSR count). The first-order valence-electron chi connectivity index (χ1n) is 7.60. The van der Waals surface area contributed by atoms with E-state index in [0.717, 1.165) is 49.1 Å². The second kappa shape index (κ2) is 9.79. The maximum atomic E-state index is 11.3. The van der Waals surface area contributed by atoms with Gasteiger partial charge in [0, 0.05) is 23.2 Å². The number of unbranched alkanes of at least 4 members (excludes halogenated alkanes) is 1. The Bertz CT molecular complexity index is 451. The molecule has 0 spiro atoms. The first kappa shape index (κ1) is 18.0. The highest BCUT2D eigenvalue weighted by molar-refractivity contribution is 9.10. The zero-order chi connectivity index (χ0) is 15.7. The van der Waals surface area contributed by atoms with E-state index in [4.69, 9.17) is 5.73 Å². The molecule has 0 aliphatic heterocycles. The monoisotopic (exact) mass is 355 g/mol. The maximum absolute atomic E-state index is 11.3. The van der Waals surface area contributed by atoms with Gasteiger partial charge in [-0.3, -0.25) is 4.79 Å². The van der Waals surface area contributed by atoms with Crippen LogP contribution in [0.25, 0.3) is 0 Å². The topological polar surface area (TPSA) is 58.4 Å². The van der Waals surface area contributed by atoms with Crippen molar-refractivity contribution >= 4 is 27.5 Å². The van der Waals surface area contributed by atoms with Crippen LogP contribution in [0.4, 0.5) is 5.69 Å². The molecule has 0 aliphatic rings. The van der Waals surface area contributed by atoms with Crippen LogP contribution in [0, 0.1) is 0 Å². The summed E-state index contributed by atoms with van der Waals surface area (Å²) >= 11 is 3.52. The minimum Gasteiger partial charge on any atom is -0.368 e. The third-order valence-corrected chi connectivity index (χ3v) is 3.75. The first-order valence-corrected chi connectivity index (χ1v) is 8.40. The fourth-order valence-electron chi connectivity index (χ4n) is 2.23. The summed E-state index contributed by atoms with van der Waals surface area (Å²) < 4.78 is 1.05. The van der Waals surface area contributed by atoms with Crippen LogP contribution < -0.4 is 16.0 Å². The molecule has 4 nitrogen and oxygen atoms in total. The van der Waals surface area contributed by atoms with Crippen molar-refractivity contribution in [2.45, 2.75) is 39.7 Å². The highest BCUT2D eigenvalue weighted by atomic mass is 79.9. The molecule has 0 saturated heterocycles. The first-order chi connectivity index (χ1) is 10.1. The Morgan fingerprint density at radius 1 is 1.33 bits per heavy atom. The van der Waals surface area contributed by atoms with Crippen LogP contribution in [0.15, 0.2) is 22.7 Å². The van der Waals surface area contributed by atoms with Crippen molar-refractivity contribution in [2.24, 2.45) is 5.73 Å². The highest BCUT2D eigenvalue weighted by Gasteiger charge is 2.13. The molecule has 5 heteroatoms. The van der Waals surface area contributed by atoms with Crippen LogP contribution in [-0.4, -0.2) is 25.5 Å². The lowest BCUT2D eigenvalue weighted by Crippen LogP contribution is -2.35. The molecular formula is C16H26BrN3O. The molecule has 21 heavy (non-hydrogen) atoms. The molecular weight excluding hydrogens is 330 g/mol. The van der Waals surface area contributed by atoms with Crippen molar-refractivity contribution in [1.82, 2.24) is 5.32 Å². The minimum absolute atomic E-state index is 0.266. The molecule has 0 aliphatic carbocycles. The number of nitrogens with one attached hydrogen (secondary N) is 1. The fourth-order valence-corrected chi connectivity index (χ4v) is 2.63. The number of hydrogen-bond acceptors (Lipinski definition) is 3. The van der Waals surface area contributed by atoms with E-state index >= 15 is 0 Å². The number of amides is 1. The average Bonchev–Trinajstić information content (AvgIpc) is 2.44. The molecule has 3 N–H and O–H groups in total. The van der Waals surface area contributed by atoms with Crippen molar-refractivity contribution in [3.05, 3.63) is 28.2 Å². The predicted octanol–water partition coefficient (Wildman–Crippen LogP) is 3.04. The Morgan fingerprint density at radius 3 is 2.71 bits per heavy atom. The van der Waals surface area contributed by atoms with E-state index in [1.54, 1.807) is 0 Å². The highest BCUT2D eigenvalue weighted by Crippen LogP contribution is 2.25. The van der Waals surface area contributed by atoms with Crippen LogP contribution in [0.5, 0.6) is 0 Å². The fraction of sp³-hybridized carbons (Fsp3) is 0.562. The van der Waals surface area contributed by atoms with Gasteiger partial charge in [0.25, 0.3) is 0 Å². The Balaban J connectivity index is 2.95. The molecule has 118 valence electrons. The number of anilines is 1. The lowest BCUT2D eigenvalue weighted by molar-refractivity contribution is -0.116. The van der Waals surface area contributed by atoms with E-state index < -0.39 is 0 Å². The third kappa shape index (κ3) is 6.48. The Labute approximate surface area is 136 Å². The Hall–Kier alpha value is -1.07. The van der Waals surface area contributed by atoms with Gasteiger partial charge in [-0.2, -0.15) is 0 Å². The van der Waals surface area contributed by atoms with E-state index in [0.29, 0.717) is 0 Å². The van der Waals surface area contributed by atoms with Gasteiger partial charge >= 0.3 is 0 Å². The Morgan fingerprint density at radius 2 is 2.10 bits per heavy atom. The molecule has 0 heterocycles. The summed E-state index contributed by atoms with van der Waals surface area (Å²) in [6, 6.07) is 6.18. The predicted molar refractivity (Wildman–Crippen MR) is 92.5 cm³/mol. The number of nitrogens with zero attached hydrogens (tertiary/aromatic N) is 1. The summed E-state index contributed by atoms with van der Waals surface area (Å²) in [7, 11) is 0. The van der Waals surface area contributed by atoms with Gasteiger partial charge in [-0.25, -0.2) is 0 Å². The van der Waals surface area contributed by atoms with Crippen LogP contribution in [0.1, 0.15) is 38.7 Å². The number of rotatable bonds is 10. The number of halogens is 1. The SMILES string of the molecule is CCCCN(CC(N)=O)c1ccc(Br)cc1CNCCC. The molecule has 1 amide bonds. The lowest BCUT2D eigenvalue weighted by Gasteiger charge is -2.26. The zero-order valence-electron chi connectivity index (χ0n) is 13.0. The smallest absolute Gasteiger partial charge is 0.236 e. The maximum Gasteiger partial charge on any atom is 0.236 e. The lowest BCUT2D eigenvalue weighted by atomic mass is 10.1. The number of hydrogen-bond donors (Lipinski definition) is 2. The molecule has 0 atom stereocenters. The number of carbonyl (C=O) groups excluding carboxylic acids is 1. The summed E-state index contributed by atoms with van der Waals surface area (Å²) in [5, 5.41) is 3.42. The molecule has 0 fully saturated rings. The third-order valence-electron chi connectivity index (χ3n) is 3.25. The average molecular weight is 356 g/mol. The van der Waals surface area contributed by atoms with Crippen LogP contribution in [-0.2, 0) is 11.3 Å². The molecule has 0 aromatic heterocycles. The number of benzene rings is 1. The minimum atomic E-state index is -0.290. The van der Waals surface area contributed by atoms with E-state index in [2.05, 4.69) is 52.1 Å². The quantitative estimate of drug-likeness (QED) is 0.634. The van der Waals surface area contributed by atoms with Gasteiger partial charge in [-0.15, -0.1) is 0 Å². The molecule has 0 radical (unpaired) electrons. The van der Waals surface area contributed by atoms with Gasteiger partial charge < -0.3 is 16.0 Å². The number of primary amides is 1. The molecule has 0 unspecified atom stereocenters. The van der Waals surface area contributed by atoms with Gasteiger partial charge in [0.2, 0.25) is 5.91 Å². The van der Waals surface area contributed by atoms with Gasteiger partial charge in [0.05, 0.1) is 6.54 Å². The summed E-state index contributed by atoms with van der Waals surface area (Å²) in [6.07, 6.45) is 3.24. The van der Waals surface area contributed by atoms with Gasteiger partial charge in [0.15, 0.2) is 0 Å². The summed E-state index contributed by atoms with van der Waals surface area (Å²) in [5.74, 6) is -0.290. The van der Waals surface area contributed by atoms with Crippen molar-refractivity contribution in [1.29, 1.82) is 0 Å². The van der Waals surface area contributed by atoms with Crippen molar-refractivity contribution in [2.75, 3.05) is 24.5 Å². The number of nitrogens with two attached hydrogens (primary N) is 1. The van der Waals surface area contributed by atoms with Crippen molar-refractivity contribution < 1.29 is 4.79 Å². The van der Waals surface area contributed by atoms with Crippen LogP contribution in [0.3, 0.4) is 0 Å². The van der Waals surface area contributed by atoms with Crippen molar-refractivity contribution in [3.8, 4) is 0 Å². The second-order valence-electron chi connectivity index (χ2n) is 5.19. The summed E-state index contributed by atoms with van der Waals surface area (Å²) in [5.41, 5.74) is 7.68. The molecule has 0 bridgehead atoms. The van der Waals surface area contributed by atoms with Gasteiger partial charge in [-0.1, -0.05) is 36.2 Å². The second-order valence-corrected chi connectivity index (χ2v) is 6.11. The Kier molecular flexibility index (Phi) is 8.38. The summed E-state index contributed by atoms with van der Waals surface area (Å²) in [6.45, 7) is 7.19. The van der Waals surface area contributed by atoms with Gasteiger partial charge in [-0.05, 0) is 43.1 Å². The molecule has 0 saturated carbocycles. The van der Waals surface area contributed by atoms with Crippen LogP contribution >= 0.6 is 15.9 Å². The zero-order valence-corrected chi connectivity index (χ0v) is 14.6. The number of carbonyl (C=O) groups is 1. The molecule has 1 aromatic rings. The molecule has 1 aromatic carbocycles.